The maximum atomic E-state index is 13.0. The molecule has 0 aliphatic carbocycles. The number of hydrogen-bond donors (Lipinski definition) is 1. The molecule has 0 amide bonds. The third-order valence-corrected chi connectivity index (χ3v) is 1.95. The Balaban J connectivity index is 2.83. The molecule has 14 heavy (non-hydrogen) atoms. The number of benzene rings is 1. The van der Waals surface area contributed by atoms with Crippen molar-refractivity contribution in [3.8, 4) is 0 Å². The average molecular weight is 204 g/mol. The van der Waals surface area contributed by atoms with Crippen molar-refractivity contribution in [2.45, 2.75) is 25.9 Å². The van der Waals surface area contributed by atoms with Crippen LogP contribution in [0.2, 0.25) is 0 Å². The van der Waals surface area contributed by atoms with Crippen molar-refractivity contribution < 1.29 is 18.3 Å². The largest absolute Gasteiger partial charge is 0.393 e. The van der Waals surface area contributed by atoms with Gasteiger partial charge in [-0.05, 0) is 31.4 Å². The highest BCUT2D eigenvalue weighted by Gasteiger charge is 2.13. The maximum Gasteiger partial charge on any atom is 0.194 e. The molecule has 4 heteroatoms. The van der Waals surface area contributed by atoms with E-state index in [1.165, 1.54) is 6.07 Å². The first-order valence-electron chi connectivity index (χ1n) is 4.32. The number of aliphatic hydroxyl groups is 1. The Morgan fingerprint density at radius 3 is 2.43 bits per heavy atom. The second-order valence-corrected chi connectivity index (χ2v) is 3.22. The lowest BCUT2D eigenvalue weighted by Crippen LogP contribution is -2.04. The highest BCUT2D eigenvalue weighted by atomic mass is 19.2. The van der Waals surface area contributed by atoms with Crippen molar-refractivity contribution in [1.82, 2.24) is 0 Å². The Labute approximate surface area is 80.2 Å². The van der Waals surface area contributed by atoms with E-state index >= 15 is 0 Å². The Bertz CT molecular complexity index is 323. The Morgan fingerprint density at radius 1 is 1.21 bits per heavy atom. The summed E-state index contributed by atoms with van der Waals surface area (Å²) in [6, 6.07) is 2.08. The summed E-state index contributed by atoms with van der Waals surface area (Å²) in [7, 11) is 0. The number of aliphatic hydroxyl groups excluding tert-OH is 1. The van der Waals surface area contributed by atoms with E-state index < -0.39 is 23.6 Å². The van der Waals surface area contributed by atoms with Crippen LogP contribution in [0.15, 0.2) is 12.1 Å². The third kappa shape index (κ3) is 2.48. The second-order valence-electron chi connectivity index (χ2n) is 3.22. The van der Waals surface area contributed by atoms with Gasteiger partial charge >= 0.3 is 0 Å². The summed E-state index contributed by atoms with van der Waals surface area (Å²) in [5.41, 5.74) is 0.0878. The minimum absolute atomic E-state index is 0.0878. The lowest BCUT2D eigenvalue weighted by Gasteiger charge is -2.06. The summed E-state index contributed by atoms with van der Waals surface area (Å²) in [5.74, 6) is -3.80. The van der Waals surface area contributed by atoms with Crippen LogP contribution in [0.5, 0.6) is 0 Å². The smallest absolute Gasteiger partial charge is 0.194 e. The maximum absolute atomic E-state index is 13.0. The van der Waals surface area contributed by atoms with E-state index in [0.29, 0.717) is 6.42 Å². The van der Waals surface area contributed by atoms with Gasteiger partial charge in [0.25, 0.3) is 0 Å². The normalized spacial score (nSPS) is 12.9. The van der Waals surface area contributed by atoms with Gasteiger partial charge in [-0.25, -0.2) is 13.2 Å². The predicted molar refractivity (Wildman–Crippen MR) is 46.3 cm³/mol. The first kappa shape index (κ1) is 11.0. The standard InChI is InChI=1S/C10H11F3O/c1-6(14)2-3-7-4-5-8(11)10(13)9(7)12/h4-6,14H,2-3H2,1H3/t6-/m0/s1. The van der Waals surface area contributed by atoms with E-state index in [9.17, 15) is 13.2 Å². The summed E-state index contributed by atoms with van der Waals surface area (Å²) in [6.45, 7) is 1.55. The molecule has 1 N–H and O–H groups in total. The molecule has 0 heterocycles. The second kappa shape index (κ2) is 4.46. The molecule has 1 rings (SSSR count). The fourth-order valence-corrected chi connectivity index (χ4v) is 1.12. The van der Waals surface area contributed by atoms with Crippen LogP contribution in [-0.4, -0.2) is 11.2 Å². The van der Waals surface area contributed by atoms with Crippen molar-refractivity contribution >= 4 is 0 Å². The van der Waals surface area contributed by atoms with Gasteiger partial charge < -0.3 is 5.11 Å². The molecule has 0 aliphatic rings. The molecule has 0 spiro atoms. The number of rotatable bonds is 3. The molecule has 0 saturated heterocycles. The van der Waals surface area contributed by atoms with Gasteiger partial charge in [0, 0.05) is 0 Å². The molecule has 0 fully saturated rings. The van der Waals surface area contributed by atoms with E-state index in [1.54, 1.807) is 6.92 Å². The lowest BCUT2D eigenvalue weighted by molar-refractivity contribution is 0.184. The third-order valence-electron chi connectivity index (χ3n) is 1.95. The average Bonchev–Trinajstić information content (AvgIpc) is 2.13. The summed E-state index contributed by atoms with van der Waals surface area (Å²) >= 11 is 0. The van der Waals surface area contributed by atoms with Gasteiger partial charge in [0.15, 0.2) is 17.5 Å². The van der Waals surface area contributed by atoms with Crippen LogP contribution in [0.25, 0.3) is 0 Å². The zero-order valence-electron chi connectivity index (χ0n) is 7.73. The first-order chi connectivity index (χ1) is 6.52. The van der Waals surface area contributed by atoms with Crippen LogP contribution < -0.4 is 0 Å². The topological polar surface area (TPSA) is 20.2 Å². The molecule has 1 aromatic carbocycles. The van der Waals surface area contributed by atoms with E-state index in [2.05, 4.69) is 0 Å². The van der Waals surface area contributed by atoms with Gasteiger partial charge in [-0.15, -0.1) is 0 Å². The SMILES string of the molecule is C[C@H](O)CCc1ccc(F)c(F)c1F. The van der Waals surface area contributed by atoms with E-state index in [0.717, 1.165) is 6.07 Å². The van der Waals surface area contributed by atoms with Gasteiger partial charge in [0.05, 0.1) is 6.10 Å². The summed E-state index contributed by atoms with van der Waals surface area (Å²) in [5, 5.41) is 8.94. The summed E-state index contributed by atoms with van der Waals surface area (Å²) in [6.07, 6.45) is -0.0644. The molecular formula is C10H11F3O. The molecule has 1 aromatic rings. The Morgan fingerprint density at radius 2 is 1.86 bits per heavy atom. The molecule has 0 radical (unpaired) electrons. The van der Waals surface area contributed by atoms with Crippen LogP contribution in [0.1, 0.15) is 18.9 Å². The molecule has 78 valence electrons. The molecule has 1 nitrogen and oxygen atoms in total. The Hall–Kier alpha value is -1.03. The van der Waals surface area contributed by atoms with Crippen LogP contribution in [0, 0.1) is 17.5 Å². The molecule has 0 aromatic heterocycles. The molecule has 0 unspecified atom stereocenters. The summed E-state index contributed by atoms with van der Waals surface area (Å²) in [4.78, 5) is 0. The van der Waals surface area contributed by atoms with E-state index in [4.69, 9.17) is 5.11 Å². The van der Waals surface area contributed by atoms with Crippen molar-refractivity contribution in [2.24, 2.45) is 0 Å². The molecule has 0 saturated carbocycles. The first-order valence-corrected chi connectivity index (χ1v) is 4.32. The van der Waals surface area contributed by atoms with Crippen LogP contribution in [0.3, 0.4) is 0 Å². The number of halogens is 3. The highest BCUT2D eigenvalue weighted by Crippen LogP contribution is 2.16. The minimum atomic E-state index is -1.45. The van der Waals surface area contributed by atoms with E-state index in [-0.39, 0.29) is 12.0 Å². The monoisotopic (exact) mass is 204 g/mol. The lowest BCUT2D eigenvalue weighted by atomic mass is 10.1. The van der Waals surface area contributed by atoms with Gasteiger partial charge in [0.1, 0.15) is 0 Å². The number of aryl methyl sites for hydroxylation is 1. The fraction of sp³-hybridized carbons (Fsp3) is 0.400. The van der Waals surface area contributed by atoms with Crippen LogP contribution in [-0.2, 0) is 6.42 Å². The quantitative estimate of drug-likeness (QED) is 0.749. The van der Waals surface area contributed by atoms with Gasteiger partial charge in [-0.3, -0.25) is 0 Å². The van der Waals surface area contributed by atoms with Crippen LogP contribution >= 0.6 is 0 Å². The molecule has 0 aliphatic heterocycles. The molecular weight excluding hydrogens is 193 g/mol. The molecule has 1 atom stereocenters. The Kier molecular flexibility index (Phi) is 3.52. The fourth-order valence-electron chi connectivity index (χ4n) is 1.12. The van der Waals surface area contributed by atoms with E-state index in [1.807, 2.05) is 0 Å². The zero-order chi connectivity index (χ0) is 10.7. The minimum Gasteiger partial charge on any atom is -0.393 e. The zero-order valence-corrected chi connectivity index (χ0v) is 7.73. The van der Waals surface area contributed by atoms with Gasteiger partial charge in [-0.2, -0.15) is 0 Å². The number of hydrogen-bond acceptors (Lipinski definition) is 1. The van der Waals surface area contributed by atoms with Crippen molar-refractivity contribution in [1.29, 1.82) is 0 Å². The predicted octanol–water partition coefficient (Wildman–Crippen LogP) is 2.42. The van der Waals surface area contributed by atoms with Crippen molar-refractivity contribution in [3.05, 3.63) is 35.1 Å². The van der Waals surface area contributed by atoms with Gasteiger partial charge in [0.2, 0.25) is 0 Å². The van der Waals surface area contributed by atoms with Crippen LogP contribution in [0.4, 0.5) is 13.2 Å². The van der Waals surface area contributed by atoms with Crippen molar-refractivity contribution in [2.75, 3.05) is 0 Å². The van der Waals surface area contributed by atoms with Gasteiger partial charge in [-0.1, -0.05) is 6.07 Å². The molecule has 0 bridgehead atoms. The van der Waals surface area contributed by atoms with Crippen molar-refractivity contribution in [3.63, 3.8) is 0 Å². The summed E-state index contributed by atoms with van der Waals surface area (Å²) < 4.78 is 38.2. The highest BCUT2D eigenvalue weighted by molar-refractivity contribution is 5.20.